The topological polar surface area (TPSA) is 124 Å². The highest BCUT2D eigenvalue weighted by Gasteiger charge is 2.24. The van der Waals surface area contributed by atoms with E-state index in [4.69, 9.17) is 4.74 Å². The van der Waals surface area contributed by atoms with Crippen molar-refractivity contribution in [3.8, 4) is 0 Å². The summed E-state index contributed by atoms with van der Waals surface area (Å²) in [4.78, 5) is 34.8. The normalized spacial score (nSPS) is 11.0. The van der Waals surface area contributed by atoms with Crippen LogP contribution in [0.5, 0.6) is 0 Å². The molecule has 0 atom stereocenters. The monoisotopic (exact) mass is 406 g/mol. The van der Waals surface area contributed by atoms with E-state index in [9.17, 15) is 28.1 Å². The number of carbonyl (C=O) groups is 2. The molecule has 0 radical (unpaired) electrons. The van der Waals surface area contributed by atoms with Crippen molar-refractivity contribution in [1.29, 1.82) is 0 Å². The Labute approximate surface area is 161 Å². The molecule has 0 aliphatic heterocycles. The molecule has 2 aromatic carbocycles. The summed E-state index contributed by atoms with van der Waals surface area (Å²) >= 11 is 0. The third-order valence-corrected chi connectivity index (χ3v) is 5.23. The van der Waals surface area contributed by atoms with Gasteiger partial charge in [0.1, 0.15) is 5.56 Å². The molecule has 148 valence electrons. The molecule has 0 fully saturated rings. The molecule has 0 amide bonds. The number of aryl methyl sites for hydroxylation is 1. The van der Waals surface area contributed by atoms with Crippen LogP contribution in [0, 0.1) is 17.0 Å². The number of nitro benzene ring substituents is 1. The molecule has 0 bridgehead atoms. The summed E-state index contributed by atoms with van der Waals surface area (Å²) in [6, 6.07) is 9.94. The second-order valence-corrected chi connectivity index (χ2v) is 8.02. The summed E-state index contributed by atoms with van der Waals surface area (Å²) in [6.07, 6.45) is 1.05. The van der Waals surface area contributed by atoms with Gasteiger partial charge in [0.2, 0.25) is 10.0 Å². The van der Waals surface area contributed by atoms with Crippen molar-refractivity contribution in [3.05, 3.63) is 69.3 Å². The molecule has 0 unspecified atom stereocenters. The number of anilines is 1. The Bertz CT molecular complexity index is 1030. The van der Waals surface area contributed by atoms with Crippen LogP contribution in [0.25, 0.3) is 0 Å². The summed E-state index contributed by atoms with van der Waals surface area (Å²) < 4.78 is 29.0. The van der Waals surface area contributed by atoms with Crippen LogP contribution in [0.3, 0.4) is 0 Å². The number of ether oxygens (including phenoxy) is 1. The van der Waals surface area contributed by atoms with Gasteiger partial charge in [-0.3, -0.25) is 19.2 Å². The number of Topliss-reactive ketones (excluding diaryl/α,β-unsaturated/α-hetero) is 1. The van der Waals surface area contributed by atoms with Crippen molar-refractivity contribution in [3.63, 3.8) is 0 Å². The van der Waals surface area contributed by atoms with E-state index in [0.29, 0.717) is 11.3 Å². The van der Waals surface area contributed by atoms with Crippen LogP contribution >= 0.6 is 0 Å². The van der Waals surface area contributed by atoms with Gasteiger partial charge in [0, 0.05) is 18.2 Å². The van der Waals surface area contributed by atoms with Crippen LogP contribution in [0.1, 0.15) is 26.3 Å². The maximum atomic E-state index is 12.2. The van der Waals surface area contributed by atoms with Gasteiger partial charge in [-0.05, 0) is 37.3 Å². The minimum atomic E-state index is -3.43. The molecule has 0 aromatic heterocycles. The minimum Gasteiger partial charge on any atom is -0.454 e. The smallest absolute Gasteiger partial charge is 0.345 e. The Morgan fingerprint density at radius 1 is 1.14 bits per heavy atom. The summed E-state index contributed by atoms with van der Waals surface area (Å²) in [5.41, 5.74) is 0.274. The molecule has 0 spiro atoms. The number of carbonyl (C=O) groups excluding carboxylic acids is 2. The summed E-state index contributed by atoms with van der Waals surface area (Å²) in [5.74, 6) is -1.51. The van der Waals surface area contributed by atoms with Crippen molar-refractivity contribution in [2.75, 3.05) is 24.2 Å². The van der Waals surface area contributed by atoms with Gasteiger partial charge >= 0.3 is 5.97 Å². The lowest BCUT2D eigenvalue weighted by molar-refractivity contribution is -0.385. The lowest BCUT2D eigenvalue weighted by atomic mass is 10.1. The number of sulfonamides is 1. The molecule has 2 rings (SSSR count). The summed E-state index contributed by atoms with van der Waals surface area (Å²) in [6.45, 7) is 0.889. The maximum Gasteiger partial charge on any atom is 0.345 e. The number of nitrogens with zero attached hydrogens (tertiary/aromatic N) is 2. The van der Waals surface area contributed by atoms with Gasteiger partial charge in [0.05, 0.1) is 16.9 Å². The Balaban J connectivity index is 2.10. The number of nitro groups is 1. The SMILES string of the molecule is Cc1cccc(C(=O)OCC(=O)c2ccc(N(C)S(C)(=O)=O)cc2)c1[N+](=O)[O-]. The fourth-order valence-electron chi connectivity index (χ4n) is 2.41. The van der Waals surface area contributed by atoms with Crippen LogP contribution in [0.4, 0.5) is 11.4 Å². The second kappa shape index (κ2) is 8.17. The number of rotatable bonds is 7. The van der Waals surface area contributed by atoms with E-state index in [2.05, 4.69) is 0 Å². The molecule has 2 aromatic rings. The molecular weight excluding hydrogens is 388 g/mol. The van der Waals surface area contributed by atoms with E-state index < -0.39 is 33.3 Å². The number of benzene rings is 2. The largest absolute Gasteiger partial charge is 0.454 e. The number of esters is 1. The molecule has 0 aliphatic carbocycles. The first-order chi connectivity index (χ1) is 13.0. The average molecular weight is 406 g/mol. The van der Waals surface area contributed by atoms with E-state index in [1.54, 1.807) is 0 Å². The molecule has 0 heterocycles. The zero-order valence-electron chi connectivity index (χ0n) is 15.4. The third kappa shape index (κ3) is 4.71. The molecule has 0 saturated heterocycles. The molecule has 0 saturated carbocycles. The minimum absolute atomic E-state index is 0.206. The third-order valence-electron chi connectivity index (χ3n) is 4.02. The standard InChI is InChI=1S/C18H18N2O7S/c1-12-5-4-6-15(17(12)20(23)24)18(22)27-11-16(21)13-7-9-14(10-8-13)19(2)28(3,25)26/h4-10H,11H2,1-3H3. The van der Waals surface area contributed by atoms with Crippen LogP contribution in [0.15, 0.2) is 42.5 Å². The fraction of sp³-hybridized carbons (Fsp3) is 0.222. The van der Waals surface area contributed by atoms with Crippen LogP contribution in [-0.4, -0.2) is 45.0 Å². The first-order valence-corrected chi connectivity index (χ1v) is 9.85. The van der Waals surface area contributed by atoms with Crippen LogP contribution in [-0.2, 0) is 14.8 Å². The predicted molar refractivity (Wildman–Crippen MR) is 102 cm³/mol. The Hall–Kier alpha value is -3.27. The van der Waals surface area contributed by atoms with Gasteiger partial charge < -0.3 is 4.74 Å². The van der Waals surface area contributed by atoms with E-state index in [0.717, 1.165) is 10.6 Å². The molecule has 0 N–H and O–H groups in total. The first-order valence-electron chi connectivity index (χ1n) is 8.00. The lowest BCUT2D eigenvalue weighted by Gasteiger charge is -2.16. The summed E-state index contributed by atoms with van der Waals surface area (Å²) in [5, 5.41) is 11.1. The van der Waals surface area contributed by atoms with Crippen molar-refractivity contribution >= 4 is 33.2 Å². The van der Waals surface area contributed by atoms with Crippen LogP contribution in [0.2, 0.25) is 0 Å². The first kappa shape index (κ1) is 21.0. The summed E-state index contributed by atoms with van der Waals surface area (Å²) in [7, 11) is -2.05. The zero-order chi connectivity index (χ0) is 21.1. The number of hydrogen-bond donors (Lipinski definition) is 0. The Kier molecular flexibility index (Phi) is 6.14. The van der Waals surface area contributed by atoms with E-state index in [1.165, 1.54) is 56.4 Å². The maximum absolute atomic E-state index is 12.2. The fourth-order valence-corrected chi connectivity index (χ4v) is 2.91. The molecule has 9 nitrogen and oxygen atoms in total. The predicted octanol–water partition coefficient (Wildman–Crippen LogP) is 2.34. The van der Waals surface area contributed by atoms with Gasteiger partial charge in [-0.25, -0.2) is 13.2 Å². The number of para-hydroxylation sites is 1. The molecule has 0 aliphatic rings. The highest BCUT2D eigenvalue weighted by Crippen LogP contribution is 2.24. The van der Waals surface area contributed by atoms with Gasteiger partial charge in [-0.15, -0.1) is 0 Å². The van der Waals surface area contributed by atoms with Gasteiger partial charge in [0.15, 0.2) is 12.4 Å². The quantitative estimate of drug-likeness (QED) is 0.299. The van der Waals surface area contributed by atoms with E-state index in [-0.39, 0.29) is 16.8 Å². The van der Waals surface area contributed by atoms with Crippen molar-refractivity contribution in [2.45, 2.75) is 6.92 Å². The van der Waals surface area contributed by atoms with Gasteiger partial charge in [-0.1, -0.05) is 12.1 Å². The molecular formula is C18H18N2O7S. The highest BCUT2D eigenvalue weighted by molar-refractivity contribution is 7.92. The average Bonchev–Trinajstić information content (AvgIpc) is 2.64. The van der Waals surface area contributed by atoms with Crippen molar-refractivity contribution in [2.24, 2.45) is 0 Å². The van der Waals surface area contributed by atoms with Gasteiger partial charge in [-0.2, -0.15) is 0 Å². The molecule has 10 heteroatoms. The number of hydrogen-bond acceptors (Lipinski definition) is 7. The van der Waals surface area contributed by atoms with Gasteiger partial charge in [0.25, 0.3) is 5.69 Å². The van der Waals surface area contributed by atoms with Crippen molar-refractivity contribution in [1.82, 2.24) is 0 Å². The van der Waals surface area contributed by atoms with Crippen LogP contribution < -0.4 is 4.31 Å². The Morgan fingerprint density at radius 3 is 2.29 bits per heavy atom. The zero-order valence-corrected chi connectivity index (χ0v) is 16.2. The van der Waals surface area contributed by atoms with E-state index in [1.807, 2.05) is 0 Å². The van der Waals surface area contributed by atoms with Crippen molar-refractivity contribution < 1.29 is 27.7 Å². The molecule has 28 heavy (non-hydrogen) atoms. The lowest BCUT2D eigenvalue weighted by Crippen LogP contribution is -2.24. The second-order valence-electron chi connectivity index (χ2n) is 6.00. The Morgan fingerprint density at radius 2 is 1.75 bits per heavy atom. The highest BCUT2D eigenvalue weighted by atomic mass is 32.2. The number of ketones is 1. The van der Waals surface area contributed by atoms with E-state index >= 15 is 0 Å².